The minimum absolute atomic E-state index is 0.242. The Balaban J connectivity index is 2.09. The quantitative estimate of drug-likeness (QED) is 0.861. The lowest BCUT2D eigenvalue weighted by Crippen LogP contribution is -2.11. The molecule has 0 atom stereocenters. The average molecular weight is 240 g/mol. The number of nitrogens with zero attached hydrogens (tertiary/aromatic N) is 2. The number of carbonyl (C=O) groups is 1. The highest BCUT2D eigenvalue weighted by molar-refractivity contribution is 6.03. The smallest absolute Gasteiger partial charge is 0.256 e. The largest absolute Gasteiger partial charge is 0.305 e. The first-order valence-electron chi connectivity index (χ1n) is 5.58. The first kappa shape index (κ1) is 11.9. The highest BCUT2D eigenvalue weighted by atomic mass is 16.1. The normalized spacial score (nSPS) is 9.78. The maximum Gasteiger partial charge on any atom is 0.256 e. The van der Waals surface area contributed by atoms with E-state index >= 15 is 0 Å². The van der Waals surface area contributed by atoms with Crippen LogP contribution in [0.4, 0.5) is 5.82 Å². The molecule has 0 saturated carbocycles. The Morgan fingerprint density at radius 3 is 2.72 bits per heavy atom. The van der Waals surface area contributed by atoms with Crippen LogP contribution in [0.2, 0.25) is 0 Å². The molecule has 90 valence electrons. The van der Waals surface area contributed by atoms with Crippen molar-refractivity contribution in [2.24, 2.45) is 0 Å². The van der Waals surface area contributed by atoms with Gasteiger partial charge in [0.1, 0.15) is 0 Å². The molecule has 0 bridgehead atoms. The van der Waals surface area contributed by atoms with Gasteiger partial charge in [-0.1, -0.05) is 6.92 Å². The predicted molar refractivity (Wildman–Crippen MR) is 67.1 cm³/mol. The fraction of sp³-hybridized carbons (Fsp3) is 0.154. The number of anilines is 1. The molecule has 0 aliphatic rings. The van der Waals surface area contributed by atoms with Gasteiger partial charge in [0.05, 0.1) is 11.6 Å². The third-order valence-corrected chi connectivity index (χ3v) is 2.53. The monoisotopic (exact) mass is 240 g/mol. The summed E-state index contributed by atoms with van der Waals surface area (Å²) in [5.74, 6) is 0.259. The maximum atomic E-state index is 11.9. The molecule has 0 aliphatic carbocycles. The summed E-state index contributed by atoms with van der Waals surface area (Å²) < 4.78 is 0. The zero-order valence-corrected chi connectivity index (χ0v) is 9.90. The van der Waals surface area contributed by atoms with Crippen LogP contribution in [-0.4, -0.2) is 16.1 Å². The molecule has 1 aromatic heterocycles. The van der Waals surface area contributed by atoms with Crippen molar-refractivity contribution in [2.45, 2.75) is 13.3 Å². The molecule has 2 rings (SSSR count). The van der Waals surface area contributed by atoms with E-state index in [1.807, 2.05) is 13.0 Å². The molecule has 18 heavy (non-hydrogen) atoms. The van der Waals surface area contributed by atoms with Crippen molar-refractivity contribution in [1.29, 1.82) is 5.26 Å². The van der Waals surface area contributed by atoms with Gasteiger partial charge in [-0.15, -0.1) is 0 Å². The molecule has 1 amide bonds. The van der Waals surface area contributed by atoms with Crippen molar-refractivity contribution in [1.82, 2.24) is 10.2 Å². The second-order valence-corrected chi connectivity index (χ2v) is 3.78. The van der Waals surface area contributed by atoms with E-state index < -0.39 is 0 Å². The Labute approximate surface area is 104 Å². The van der Waals surface area contributed by atoms with E-state index in [-0.39, 0.29) is 5.91 Å². The topological polar surface area (TPSA) is 81.6 Å². The molecule has 1 heterocycles. The molecular weight excluding hydrogens is 228 g/mol. The van der Waals surface area contributed by atoms with Crippen LogP contribution in [0.3, 0.4) is 0 Å². The third-order valence-electron chi connectivity index (χ3n) is 2.53. The number of rotatable bonds is 3. The van der Waals surface area contributed by atoms with Crippen LogP contribution < -0.4 is 5.32 Å². The fourth-order valence-electron chi connectivity index (χ4n) is 1.49. The van der Waals surface area contributed by atoms with E-state index in [4.69, 9.17) is 5.26 Å². The summed E-state index contributed by atoms with van der Waals surface area (Å²) in [7, 11) is 0. The number of nitrogens with one attached hydrogen (secondary N) is 2. The molecule has 0 unspecified atom stereocenters. The van der Waals surface area contributed by atoms with Gasteiger partial charge in [0.2, 0.25) is 0 Å². The summed E-state index contributed by atoms with van der Waals surface area (Å²) >= 11 is 0. The zero-order chi connectivity index (χ0) is 13.0. The molecule has 5 nitrogen and oxygen atoms in total. The van der Waals surface area contributed by atoms with Crippen LogP contribution in [0.15, 0.2) is 30.3 Å². The standard InChI is InChI=1S/C13H12N4O/c1-2-11-7-12(17-16-11)15-13(18)10-5-3-9(8-14)4-6-10/h3-7H,2H2,1H3,(H2,15,16,17,18). The molecule has 2 N–H and O–H groups in total. The van der Waals surface area contributed by atoms with Gasteiger partial charge in [0.25, 0.3) is 5.91 Å². The van der Waals surface area contributed by atoms with Crippen molar-refractivity contribution < 1.29 is 4.79 Å². The number of aryl methyl sites for hydroxylation is 1. The van der Waals surface area contributed by atoms with Gasteiger partial charge >= 0.3 is 0 Å². The first-order chi connectivity index (χ1) is 8.72. The Morgan fingerprint density at radius 1 is 1.44 bits per heavy atom. The summed E-state index contributed by atoms with van der Waals surface area (Å²) in [4.78, 5) is 11.9. The number of hydrogen-bond acceptors (Lipinski definition) is 3. The molecule has 5 heteroatoms. The van der Waals surface area contributed by atoms with Gasteiger partial charge < -0.3 is 5.32 Å². The van der Waals surface area contributed by atoms with Gasteiger partial charge in [-0.25, -0.2) is 0 Å². The summed E-state index contributed by atoms with van der Waals surface area (Å²) in [5, 5.41) is 18.2. The summed E-state index contributed by atoms with van der Waals surface area (Å²) in [6, 6.07) is 10.2. The number of aromatic amines is 1. The molecule has 0 aliphatic heterocycles. The van der Waals surface area contributed by atoms with Crippen LogP contribution in [0.25, 0.3) is 0 Å². The van der Waals surface area contributed by atoms with Crippen molar-refractivity contribution in [3.8, 4) is 6.07 Å². The number of carbonyl (C=O) groups excluding carboxylic acids is 1. The van der Waals surface area contributed by atoms with Crippen LogP contribution >= 0.6 is 0 Å². The Hall–Kier alpha value is -2.61. The summed E-state index contributed by atoms with van der Waals surface area (Å²) in [5.41, 5.74) is 1.99. The van der Waals surface area contributed by atoms with E-state index in [1.165, 1.54) is 0 Å². The highest BCUT2D eigenvalue weighted by Crippen LogP contribution is 2.09. The van der Waals surface area contributed by atoms with Crippen molar-refractivity contribution >= 4 is 11.7 Å². The first-order valence-corrected chi connectivity index (χ1v) is 5.58. The van der Waals surface area contributed by atoms with E-state index in [9.17, 15) is 4.79 Å². The molecule has 0 radical (unpaired) electrons. The number of benzene rings is 1. The number of nitriles is 1. The summed E-state index contributed by atoms with van der Waals surface area (Å²) in [6.45, 7) is 2.00. The molecule has 2 aromatic rings. The fourth-order valence-corrected chi connectivity index (χ4v) is 1.49. The van der Waals surface area contributed by atoms with Gasteiger partial charge in [0.15, 0.2) is 5.82 Å². The van der Waals surface area contributed by atoms with Crippen molar-refractivity contribution in [3.05, 3.63) is 47.2 Å². The number of hydrogen-bond donors (Lipinski definition) is 2. The van der Waals surface area contributed by atoms with Crippen molar-refractivity contribution in [3.63, 3.8) is 0 Å². The third kappa shape index (κ3) is 2.55. The highest BCUT2D eigenvalue weighted by Gasteiger charge is 2.08. The molecular formula is C13H12N4O. The summed E-state index contributed by atoms with van der Waals surface area (Å²) in [6.07, 6.45) is 0.833. The molecule has 0 fully saturated rings. The molecule has 1 aromatic carbocycles. The average Bonchev–Trinajstić information content (AvgIpc) is 2.86. The maximum absolute atomic E-state index is 11.9. The Kier molecular flexibility index (Phi) is 3.39. The second-order valence-electron chi connectivity index (χ2n) is 3.78. The molecule has 0 spiro atoms. The van der Waals surface area contributed by atoms with Crippen LogP contribution in [-0.2, 0) is 6.42 Å². The lowest BCUT2D eigenvalue weighted by atomic mass is 10.1. The Bertz CT molecular complexity index is 592. The lowest BCUT2D eigenvalue weighted by Gasteiger charge is -2.01. The van der Waals surface area contributed by atoms with Gasteiger partial charge in [-0.05, 0) is 30.7 Å². The second kappa shape index (κ2) is 5.15. The number of amides is 1. The van der Waals surface area contributed by atoms with Gasteiger partial charge in [0, 0.05) is 17.3 Å². The van der Waals surface area contributed by atoms with E-state index in [0.29, 0.717) is 16.9 Å². The number of H-pyrrole nitrogens is 1. The number of aromatic nitrogens is 2. The van der Waals surface area contributed by atoms with Crippen molar-refractivity contribution in [2.75, 3.05) is 5.32 Å². The zero-order valence-electron chi connectivity index (χ0n) is 9.90. The van der Waals surface area contributed by atoms with E-state index in [1.54, 1.807) is 30.3 Å². The SMILES string of the molecule is CCc1cc(NC(=O)c2ccc(C#N)cc2)n[nH]1. The van der Waals surface area contributed by atoms with Crippen LogP contribution in [0.1, 0.15) is 28.5 Å². The van der Waals surface area contributed by atoms with Crippen LogP contribution in [0, 0.1) is 11.3 Å². The van der Waals surface area contributed by atoms with E-state index in [2.05, 4.69) is 15.5 Å². The van der Waals surface area contributed by atoms with Gasteiger partial charge in [-0.2, -0.15) is 10.4 Å². The molecule has 0 saturated heterocycles. The lowest BCUT2D eigenvalue weighted by molar-refractivity contribution is 0.102. The predicted octanol–water partition coefficient (Wildman–Crippen LogP) is 2.10. The minimum atomic E-state index is -0.242. The Morgan fingerprint density at radius 2 is 2.17 bits per heavy atom. The van der Waals surface area contributed by atoms with E-state index in [0.717, 1.165) is 12.1 Å². The minimum Gasteiger partial charge on any atom is -0.305 e. The van der Waals surface area contributed by atoms with Crippen LogP contribution in [0.5, 0.6) is 0 Å². The van der Waals surface area contributed by atoms with Gasteiger partial charge in [-0.3, -0.25) is 9.89 Å².